The molecular formula is C16H24BrNO3. The van der Waals surface area contributed by atoms with Crippen molar-refractivity contribution in [1.82, 2.24) is 5.32 Å². The van der Waals surface area contributed by atoms with Crippen LogP contribution in [0.15, 0.2) is 28.7 Å². The monoisotopic (exact) mass is 357 g/mol. The summed E-state index contributed by atoms with van der Waals surface area (Å²) in [6.07, 6.45) is 0.336. The van der Waals surface area contributed by atoms with Crippen molar-refractivity contribution in [2.45, 2.75) is 39.3 Å². The smallest absolute Gasteiger partial charge is 0.249 e. The molecule has 5 heteroatoms. The zero-order valence-electron chi connectivity index (χ0n) is 12.9. The zero-order chi connectivity index (χ0) is 15.7. The number of hydrogen-bond acceptors (Lipinski definition) is 3. The summed E-state index contributed by atoms with van der Waals surface area (Å²) in [4.78, 5) is 12.0. The van der Waals surface area contributed by atoms with Gasteiger partial charge in [0.2, 0.25) is 5.91 Å². The molecule has 1 amide bonds. The van der Waals surface area contributed by atoms with Crippen LogP contribution in [0, 0.1) is 0 Å². The maximum Gasteiger partial charge on any atom is 0.249 e. The molecule has 2 atom stereocenters. The second kappa shape index (κ2) is 9.92. The standard InChI is InChI=1S/C16H24BrNO3/c1-4-20-9-10-21-13(3)16(19)18-12(2)11-14-5-7-15(17)8-6-14/h5-8,12-13H,4,9-11H2,1-3H3,(H,18,19)/t12-,13-/m0/s1. The third kappa shape index (κ3) is 7.60. The molecule has 1 N–H and O–H groups in total. The minimum Gasteiger partial charge on any atom is -0.379 e. The molecular weight excluding hydrogens is 334 g/mol. The van der Waals surface area contributed by atoms with Gasteiger partial charge in [0.05, 0.1) is 13.2 Å². The summed E-state index contributed by atoms with van der Waals surface area (Å²) >= 11 is 3.41. The lowest BCUT2D eigenvalue weighted by molar-refractivity contribution is -0.133. The van der Waals surface area contributed by atoms with Crippen molar-refractivity contribution >= 4 is 21.8 Å². The van der Waals surface area contributed by atoms with Crippen molar-refractivity contribution in [3.05, 3.63) is 34.3 Å². The van der Waals surface area contributed by atoms with Gasteiger partial charge in [-0.15, -0.1) is 0 Å². The van der Waals surface area contributed by atoms with E-state index in [2.05, 4.69) is 33.4 Å². The van der Waals surface area contributed by atoms with Crippen molar-refractivity contribution in [3.63, 3.8) is 0 Å². The fourth-order valence-corrected chi connectivity index (χ4v) is 2.15. The van der Waals surface area contributed by atoms with Gasteiger partial charge in [0, 0.05) is 17.1 Å². The number of benzene rings is 1. The molecule has 0 aromatic heterocycles. The van der Waals surface area contributed by atoms with Gasteiger partial charge < -0.3 is 14.8 Å². The molecule has 0 saturated carbocycles. The normalized spacial score (nSPS) is 13.7. The van der Waals surface area contributed by atoms with E-state index >= 15 is 0 Å². The van der Waals surface area contributed by atoms with Gasteiger partial charge in [0.25, 0.3) is 0 Å². The van der Waals surface area contributed by atoms with Gasteiger partial charge in [0.15, 0.2) is 0 Å². The second-order valence-electron chi connectivity index (χ2n) is 4.95. The molecule has 1 aromatic carbocycles. The molecule has 0 spiro atoms. The lowest BCUT2D eigenvalue weighted by Crippen LogP contribution is -2.41. The Balaban J connectivity index is 2.30. The highest BCUT2D eigenvalue weighted by atomic mass is 79.9. The summed E-state index contributed by atoms with van der Waals surface area (Å²) in [6.45, 7) is 7.29. The molecule has 0 fully saturated rings. The predicted molar refractivity (Wildman–Crippen MR) is 87.4 cm³/mol. The summed E-state index contributed by atoms with van der Waals surface area (Å²) < 4.78 is 11.7. The van der Waals surface area contributed by atoms with Gasteiger partial charge in [-0.05, 0) is 44.9 Å². The van der Waals surface area contributed by atoms with Gasteiger partial charge in [-0.25, -0.2) is 0 Å². The van der Waals surface area contributed by atoms with Crippen LogP contribution in [0.5, 0.6) is 0 Å². The number of rotatable bonds is 9. The number of halogens is 1. The van der Waals surface area contributed by atoms with Crippen LogP contribution in [0.25, 0.3) is 0 Å². The first-order chi connectivity index (χ1) is 10.0. The van der Waals surface area contributed by atoms with E-state index in [1.54, 1.807) is 6.92 Å². The Labute approximate surface area is 135 Å². The molecule has 118 valence electrons. The van der Waals surface area contributed by atoms with Crippen LogP contribution >= 0.6 is 15.9 Å². The summed E-state index contributed by atoms with van der Waals surface area (Å²) in [7, 11) is 0. The summed E-state index contributed by atoms with van der Waals surface area (Å²) in [5, 5.41) is 2.97. The number of hydrogen-bond donors (Lipinski definition) is 1. The summed E-state index contributed by atoms with van der Waals surface area (Å²) in [5.41, 5.74) is 1.19. The Morgan fingerprint density at radius 3 is 2.52 bits per heavy atom. The maximum absolute atomic E-state index is 12.0. The fourth-order valence-electron chi connectivity index (χ4n) is 1.89. The van der Waals surface area contributed by atoms with E-state index in [4.69, 9.17) is 9.47 Å². The summed E-state index contributed by atoms with van der Waals surface area (Å²) in [5.74, 6) is -0.0869. The molecule has 0 aliphatic carbocycles. The van der Waals surface area contributed by atoms with Crippen LogP contribution < -0.4 is 5.32 Å². The maximum atomic E-state index is 12.0. The first-order valence-electron chi connectivity index (χ1n) is 7.27. The van der Waals surface area contributed by atoms with Crippen molar-refractivity contribution in [2.75, 3.05) is 19.8 Å². The average Bonchev–Trinajstić information content (AvgIpc) is 2.45. The van der Waals surface area contributed by atoms with Crippen molar-refractivity contribution in [2.24, 2.45) is 0 Å². The quantitative estimate of drug-likeness (QED) is 0.691. The van der Waals surface area contributed by atoms with E-state index in [0.29, 0.717) is 19.8 Å². The van der Waals surface area contributed by atoms with Gasteiger partial charge in [-0.2, -0.15) is 0 Å². The third-order valence-corrected chi connectivity index (χ3v) is 3.54. The number of carbonyl (C=O) groups is 1. The molecule has 0 heterocycles. The Morgan fingerprint density at radius 1 is 1.24 bits per heavy atom. The first kappa shape index (κ1) is 18.1. The Bertz CT molecular complexity index is 422. The third-order valence-electron chi connectivity index (χ3n) is 3.01. The lowest BCUT2D eigenvalue weighted by atomic mass is 10.1. The minimum absolute atomic E-state index is 0.0663. The van der Waals surface area contributed by atoms with Crippen LogP contribution in [0.3, 0.4) is 0 Å². The molecule has 0 saturated heterocycles. The molecule has 4 nitrogen and oxygen atoms in total. The van der Waals surface area contributed by atoms with Gasteiger partial charge in [-0.3, -0.25) is 4.79 Å². The SMILES string of the molecule is CCOCCO[C@@H](C)C(=O)N[C@@H](C)Cc1ccc(Br)cc1. The number of nitrogens with one attached hydrogen (secondary N) is 1. The van der Waals surface area contributed by atoms with Crippen LogP contribution in [0.4, 0.5) is 0 Å². The van der Waals surface area contributed by atoms with Gasteiger partial charge >= 0.3 is 0 Å². The van der Waals surface area contributed by atoms with Crippen molar-refractivity contribution in [1.29, 1.82) is 0 Å². The molecule has 0 unspecified atom stereocenters. The number of ether oxygens (including phenoxy) is 2. The molecule has 0 aliphatic rings. The zero-order valence-corrected chi connectivity index (χ0v) is 14.5. The topological polar surface area (TPSA) is 47.6 Å². The van der Waals surface area contributed by atoms with Crippen LogP contribution in [-0.4, -0.2) is 37.9 Å². The van der Waals surface area contributed by atoms with E-state index < -0.39 is 6.10 Å². The lowest BCUT2D eigenvalue weighted by Gasteiger charge is -2.18. The average molecular weight is 358 g/mol. The number of amides is 1. The molecule has 0 bridgehead atoms. The second-order valence-corrected chi connectivity index (χ2v) is 5.87. The van der Waals surface area contributed by atoms with E-state index in [1.165, 1.54) is 5.56 Å². The van der Waals surface area contributed by atoms with Crippen LogP contribution in [0.1, 0.15) is 26.3 Å². The van der Waals surface area contributed by atoms with Crippen molar-refractivity contribution in [3.8, 4) is 0 Å². The fraction of sp³-hybridized carbons (Fsp3) is 0.562. The first-order valence-corrected chi connectivity index (χ1v) is 8.06. The molecule has 1 rings (SSSR count). The Morgan fingerprint density at radius 2 is 1.90 bits per heavy atom. The highest BCUT2D eigenvalue weighted by Gasteiger charge is 2.15. The number of carbonyl (C=O) groups excluding carboxylic acids is 1. The Kier molecular flexibility index (Phi) is 8.57. The van der Waals surface area contributed by atoms with Crippen molar-refractivity contribution < 1.29 is 14.3 Å². The highest BCUT2D eigenvalue weighted by Crippen LogP contribution is 2.12. The molecule has 0 aliphatic heterocycles. The largest absolute Gasteiger partial charge is 0.379 e. The minimum atomic E-state index is -0.460. The van der Waals surface area contributed by atoms with E-state index in [1.807, 2.05) is 26.0 Å². The van der Waals surface area contributed by atoms with Crippen LogP contribution in [-0.2, 0) is 20.7 Å². The van der Waals surface area contributed by atoms with Gasteiger partial charge in [-0.1, -0.05) is 28.1 Å². The van der Waals surface area contributed by atoms with E-state index in [9.17, 15) is 4.79 Å². The van der Waals surface area contributed by atoms with E-state index in [-0.39, 0.29) is 11.9 Å². The van der Waals surface area contributed by atoms with Gasteiger partial charge in [0.1, 0.15) is 6.10 Å². The highest BCUT2D eigenvalue weighted by molar-refractivity contribution is 9.10. The Hall–Kier alpha value is -0.910. The van der Waals surface area contributed by atoms with Crippen LogP contribution in [0.2, 0.25) is 0 Å². The predicted octanol–water partition coefficient (Wildman–Crippen LogP) is 2.94. The summed E-state index contributed by atoms with van der Waals surface area (Å²) in [6, 6.07) is 8.17. The molecule has 21 heavy (non-hydrogen) atoms. The molecule has 1 aromatic rings. The van der Waals surface area contributed by atoms with E-state index in [0.717, 1.165) is 10.9 Å². The molecule has 0 radical (unpaired) electrons.